The van der Waals surface area contributed by atoms with Crippen LogP contribution < -0.4 is 0 Å². The van der Waals surface area contributed by atoms with Crippen LogP contribution in [-0.2, 0) is 17.8 Å². The van der Waals surface area contributed by atoms with Crippen molar-refractivity contribution >= 4 is 17.5 Å². The summed E-state index contributed by atoms with van der Waals surface area (Å²) in [5, 5.41) is 4.18. The van der Waals surface area contributed by atoms with Crippen LogP contribution in [0.5, 0.6) is 0 Å². The van der Waals surface area contributed by atoms with Crippen LogP contribution in [0, 0.1) is 5.82 Å². The van der Waals surface area contributed by atoms with Gasteiger partial charge >= 0.3 is 0 Å². The number of amides is 1. The lowest BCUT2D eigenvalue weighted by molar-refractivity contribution is -0.129. The number of likely N-dealkylation sites (tertiary alicyclic amines) is 1. The van der Waals surface area contributed by atoms with Crippen LogP contribution in [-0.4, -0.2) is 20.9 Å². The lowest BCUT2D eigenvalue weighted by Crippen LogP contribution is -2.27. The highest BCUT2D eigenvalue weighted by Gasteiger charge is 2.36. The first-order chi connectivity index (χ1) is 10.6. The Morgan fingerprint density at radius 1 is 1.50 bits per heavy atom. The maximum absolute atomic E-state index is 13.1. The molecule has 0 bridgehead atoms. The zero-order valence-electron chi connectivity index (χ0n) is 12.1. The van der Waals surface area contributed by atoms with Gasteiger partial charge in [-0.1, -0.05) is 29.7 Å². The van der Waals surface area contributed by atoms with Crippen LogP contribution in [0.3, 0.4) is 0 Å². The molecule has 1 aliphatic heterocycles. The van der Waals surface area contributed by atoms with E-state index < -0.39 is 5.82 Å². The number of halogens is 2. The molecule has 5 nitrogen and oxygen atoms in total. The van der Waals surface area contributed by atoms with Crippen molar-refractivity contribution < 1.29 is 13.7 Å². The summed E-state index contributed by atoms with van der Waals surface area (Å²) in [4.78, 5) is 18.1. The maximum Gasteiger partial charge on any atom is 0.249 e. The Hall–Kier alpha value is -1.95. The molecule has 116 valence electrons. The first-order valence-electron chi connectivity index (χ1n) is 7.14. The fraction of sp³-hybridized carbons (Fsp3) is 0.400. The smallest absolute Gasteiger partial charge is 0.249 e. The lowest BCUT2D eigenvalue weighted by Gasteiger charge is -2.22. The van der Waals surface area contributed by atoms with E-state index in [0.29, 0.717) is 48.1 Å². The molecule has 2 heterocycles. The highest BCUT2D eigenvalue weighted by Crippen LogP contribution is 2.34. The topological polar surface area (TPSA) is 59.2 Å². The standard InChI is InChI=1S/C15H15ClFN3O2/c1-2-13-18-15(22-19-13)12-5-6-14(21)20(12)8-9-3-4-10(17)7-11(9)16/h3-4,7,12H,2,5-6,8H2,1H3. The van der Waals surface area contributed by atoms with E-state index in [0.717, 1.165) is 0 Å². The third kappa shape index (κ3) is 2.83. The van der Waals surface area contributed by atoms with Gasteiger partial charge in [-0.3, -0.25) is 4.79 Å². The average molecular weight is 324 g/mol. The fourth-order valence-corrected chi connectivity index (χ4v) is 2.80. The zero-order chi connectivity index (χ0) is 15.7. The van der Waals surface area contributed by atoms with Crippen molar-refractivity contribution in [1.29, 1.82) is 0 Å². The number of hydrogen-bond donors (Lipinski definition) is 0. The van der Waals surface area contributed by atoms with Crippen LogP contribution >= 0.6 is 11.6 Å². The molecular weight excluding hydrogens is 309 g/mol. The Morgan fingerprint density at radius 2 is 2.32 bits per heavy atom. The van der Waals surface area contributed by atoms with Crippen molar-refractivity contribution in [1.82, 2.24) is 15.0 Å². The summed E-state index contributed by atoms with van der Waals surface area (Å²) in [6.45, 7) is 2.23. The SMILES string of the molecule is CCc1noc(C2CCC(=O)N2Cc2ccc(F)cc2Cl)n1. The van der Waals surface area contributed by atoms with E-state index >= 15 is 0 Å². The van der Waals surface area contributed by atoms with E-state index in [1.54, 1.807) is 11.0 Å². The van der Waals surface area contributed by atoms with Gasteiger partial charge < -0.3 is 9.42 Å². The molecule has 0 aliphatic carbocycles. The van der Waals surface area contributed by atoms with Gasteiger partial charge in [-0.15, -0.1) is 0 Å². The second-order valence-corrected chi connectivity index (χ2v) is 5.62. The molecule has 1 fully saturated rings. The van der Waals surface area contributed by atoms with Gasteiger partial charge in [0.2, 0.25) is 11.8 Å². The van der Waals surface area contributed by atoms with Gasteiger partial charge in [-0.05, 0) is 24.1 Å². The summed E-state index contributed by atoms with van der Waals surface area (Å²) in [6.07, 6.45) is 1.73. The van der Waals surface area contributed by atoms with Gasteiger partial charge in [0, 0.05) is 24.4 Å². The molecule has 1 atom stereocenters. The van der Waals surface area contributed by atoms with Gasteiger partial charge in [-0.25, -0.2) is 4.39 Å². The van der Waals surface area contributed by atoms with Crippen LogP contribution in [0.2, 0.25) is 5.02 Å². The first kappa shape index (κ1) is 15.0. The van der Waals surface area contributed by atoms with Crippen molar-refractivity contribution in [3.8, 4) is 0 Å². The Balaban J connectivity index is 1.84. The Kier molecular flexibility index (Phi) is 4.11. The number of aromatic nitrogens is 2. The number of carbonyl (C=O) groups is 1. The summed E-state index contributed by atoms with van der Waals surface area (Å²) < 4.78 is 18.4. The molecular formula is C15H15ClFN3O2. The van der Waals surface area contributed by atoms with Crippen LogP contribution in [0.1, 0.15) is 43.1 Å². The minimum Gasteiger partial charge on any atom is -0.337 e. The van der Waals surface area contributed by atoms with Gasteiger partial charge in [0.05, 0.1) is 0 Å². The molecule has 1 aromatic heterocycles. The average Bonchev–Trinajstić information content (AvgIpc) is 3.09. The fourth-order valence-electron chi connectivity index (χ4n) is 2.57. The molecule has 1 unspecified atom stereocenters. The number of aryl methyl sites for hydroxylation is 1. The summed E-state index contributed by atoms with van der Waals surface area (Å²) in [6, 6.07) is 3.92. The Bertz CT molecular complexity index is 704. The highest BCUT2D eigenvalue weighted by molar-refractivity contribution is 6.31. The summed E-state index contributed by atoms with van der Waals surface area (Å²) >= 11 is 6.05. The zero-order valence-corrected chi connectivity index (χ0v) is 12.8. The highest BCUT2D eigenvalue weighted by atomic mass is 35.5. The summed E-state index contributed by atoms with van der Waals surface area (Å²) in [7, 11) is 0. The van der Waals surface area contributed by atoms with Gasteiger partial charge in [-0.2, -0.15) is 4.98 Å². The summed E-state index contributed by atoms with van der Waals surface area (Å²) in [5.41, 5.74) is 0.693. The van der Waals surface area contributed by atoms with Crippen molar-refractivity contribution in [3.63, 3.8) is 0 Å². The van der Waals surface area contributed by atoms with Gasteiger partial charge in [0.15, 0.2) is 5.82 Å². The molecule has 0 N–H and O–H groups in total. The van der Waals surface area contributed by atoms with Crippen LogP contribution in [0.15, 0.2) is 22.7 Å². The largest absolute Gasteiger partial charge is 0.337 e. The van der Waals surface area contributed by atoms with Gasteiger partial charge in [0.25, 0.3) is 0 Å². The number of rotatable bonds is 4. The second kappa shape index (κ2) is 6.04. The van der Waals surface area contributed by atoms with Crippen LogP contribution in [0.25, 0.3) is 0 Å². The molecule has 1 saturated heterocycles. The molecule has 7 heteroatoms. The minimum absolute atomic E-state index is 0.00152. The number of hydrogen-bond acceptors (Lipinski definition) is 4. The third-order valence-corrected chi connectivity index (χ3v) is 4.12. The van der Waals surface area contributed by atoms with Crippen molar-refractivity contribution in [2.45, 2.75) is 38.8 Å². The van der Waals surface area contributed by atoms with E-state index in [1.807, 2.05) is 6.92 Å². The van der Waals surface area contributed by atoms with Crippen molar-refractivity contribution in [3.05, 3.63) is 46.3 Å². The molecule has 0 spiro atoms. The molecule has 1 aliphatic rings. The molecule has 2 aromatic rings. The lowest BCUT2D eigenvalue weighted by atomic mass is 10.1. The molecule has 0 saturated carbocycles. The third-order valence-electron chi connectivity index (χ3n) is 3.77. The predicted molar refractivity (Wildman–Crippen MR) is 77.6 cm³/mol. The number of benzene rings is 1. The van der Waals surface area contributed by atoms with Crippen LogP contribution in [0.4, 0.5) is 4.39 Å². The van der Waals surface area contributed by atoms with E-state index in [9.17, 15) is 9.18 Å². The van der Waals surface area contributed by atoms with E-state index in [4.69, 9.17) is 16.1 Å². The molecule has 1 amide bonds. The molecule has 1 aromatic carbocycles. The minimum atomic E-state index is -0.400. The maximum atomic E-state index is 13.1. The number of nitrogens with zero attached hydrogens (tertiary/aromatic N) is 3. The first-order valence-corrected chi connectivity index (χ1v) is 7.52. The van der Waals surface area contributed by atoms with E-state index in [1.165, 1.54) is 12.1 Å². The van der Waals surface area contributed by atoms with Gasteiger partial charge in [0.1, 0.15) is 11.9 Å². The quantitative estimate of drug-likeness (QED) is 0.866. The Labute approximate surface area is 132 Å². The molecule has 0 radical (unpaired) electrons. The monoisotopic (exact) mass is 323 g/mol. The van der Waals surface area contributed by atoms with Crippen molar-refractivity contribution in [2.75, 3.05) is 0 Å². The number of carbonyl (C=O) groups excluding carboxylic acids is 1. The van der Waals surface area contributed by atoms with Crippen molar-refractivity contribution in [2.24, 2.45) is 0 Å². The molecule has 22 heavy (non-hydrogen) atoms. The predicted octanol–water partition coefficient (Wildman–Crippen LogP) is 3.29. The van der Waals surface area contributed by atoms with E-state index in [-0.39, 0.29) is 11.9 Å². The summed E-state index contributed by atoms with van der Waals surface area (Å²) in [5.74, 6) is 0.666. The normalized spacial score (nSPS) is 18.2. The Morgan fingerprint density at radius 3 is 3.00 bits per heavy atom. The second-order valence-electron chi connectivity index (χ2n) is 5.21. The molecule has 3 rings (SSSR count). The van der Waals surface area contributed by atoms with E-state index in [2.05, 4.69) is 10.1 Å².